The Bertz CT molecular complexity index is 1670. The van der Waals surface area contributed by atoms with E-state index in [9.17, 15) is 19.2 Å². The Morgan fingerprint density at radius 1 is 1.14 bits per heavy atom. The minimum Gasteiger partial charge on any atom is -0.321 e. The number of nitrogens with one attached hydrogen (secondary N) is 1. The lowest BCUT2D eigenvalue weighted by Crippen LogP contribution is -2.32. The molecule has 4 aromatic rings. The lowest BCUT2D eigenvalue weighted by atomic mass is 10.1. The predicted octanol–water partition coefficient (Wildman–Crippen LogP) is 5.18. The van der Waals surface area contributed by atoms with Crippen molar-refractivity contribution in [3.05, 3.63) is 114 Å². The predicted molar refractivity (Wildman–Crippen MR) is 147 cm³/mol. The van der Waals surface area contributed by atoms with Crippen molar-refractivity contribution >= 4 is 46.2 Å². The molecule has 4 rings (SSSR count). The highest BCUT2D eigenvalue weighted by Crippen LogP contribution is 2.15. The second-order valence-electron chi connectivity index (χ2n) is 8.30. The number of thiazole rings is 1. The zero-order valence-corrected chi connectivity index (χ0v) is 21.6. The second kappa shape index (κ2) is 11.8. The van der Waals surface area contributed by atoms with Gasteiger partial charge in [0, 0.05) is 10.7 Å². The van der Waals surface area contributed by atoms with E-state index in [0.717, 1.165) is 40.7 Å². The summed E-state index contributed by atoms with van der Waals surface area (Å²) in [6.07, 6.45) is 4.69. The molecule has 1 amide bonds. The summed E-state index contributed by atoms with van der Waals surface area (Å²) in [7, 11) is 0. The number of aromatic nitrogens is 1. The molecule has 3 aromatic carbocycles. The van der Waals surface area contributed by atoms with Crippen LogP contribution in [0, 0.1) is 17.1 Å². The first kappa shape index (κ1) is 26.1. The lowest BCUT2D eigenvalue weighted by molar-refractivity contribution is -0.111. The van der Waals surface area contributed by atoms with E-state index in [1.807, 2.05) is 18.2 Å². The molecule has 0 aliphatic rings. The van der Waals surface area contributed by atoms with E-state index in [1.54, 1.807) is 48.5 Å². The molecule has 1 N–H and O–H groups in total. The molecule has 0 saturated carbocycles. The van der Waals surface area contributed by atoms with Crippen LogP contribution in [0.5, 0.6) is 0 Å². The van der Waals surface area contributed by atoms with Crippen LogP contribution in [0.3, 0.4) is 0 Å². The van der Waals surface area contributed by atoms with Crippen LogP contribution < -0.4 is 20.1 Å². The van der Waals surface area contributed by atoms with Crippen molar-refractivity contribution in [3.63, 3.8) is 0 Å². The van der Waals surface area contributed by atoms with Gasteiger partial charge in [0.25, 0.3) is 11.5 Å². The maximum absolute atomic E-state index is 14.8. The van der Waals surface area contributed by atoms with Crippen molar-refractivity contribution in [3.8, 4) is 11.8 Å². The molecule has 0 atom stereocenters. The molecule has 5 nitrogen and oxygen atoms in total. The van der Waals surface area contributed by atoms with Gasteiger partial charge in [-0.3, -0.25) is 14.2 Å². The fourth-order valence-corrected chi connectivity index (χ4v) is 5.07. The molecule has 0 aliphatic carbocycles. The van der Waals surface area contributed by atoms with Crippen molar-refractivity contribution in [1.29, 1.82) is 5.26 Å². The van der Waals surface area contributed by atoms with Crippen LogP contribution >= 0.6 is 22.9 Å². The van der Waals surface area contributed by atoms with Crippen molar-refractivity contribution in [2.75, 3.05) is 5.32 Å². The number of benzene rings is 3. The third-order valence-electron chi connectivity index (χ3n) is 5.65. The van der Waals surface area contributed by atoms with E-state index < -0.39 is 17.3 Å². The maximum atomic E-state index is 14.8. The Hall–Kier alpha value is -3.99. The fraction of sp³-hybridized carbons (Fsp3) is 0.138. The van der Waals surface area contributed by atoms with Gasteiger partial charge in [0.15, 0.2) is 5.57 Å². The van der Waals surface area contributed by atoms with Gasteiger partial charge in [-0.15, -0.1) is 11.3 Å². The van der Waals surface area contributed by atoms with Crippen molar-refractivity contribution in [2.45, 2.75) is 26.2 Å². The third-order valence-corrected chi connectivity index (χ3v) is 6.97. The van der Waals surface area contributed by atoms with Gasteiger partial charge in [-0.2, -0.15) is 5.26 Å². The van der Waals surface area contributed by atoms with Gasteiger partial charge in [-0.25, -0.2) is 4.39 Å². The summed E-state index contributed by atoms with van der Waals surface area (Å²) < 4.78 is 16.1. The summed E-state index contributed by atoms with van der Waals surface area (Å²) in [5.41, 5.74) is 1.42. The van der Waals surface area contributed by atoms with Crippen molar-refractivity contribution < 1.29 is 9.18 Å². The summed E-state index contributed by atoms with van der Waals surface area (Å²) in [6.45, 7) is 2.12. The monoisotopic (exact) mass is 531 g/mol. The second-order valence-corrected chi connectivity index (χ2v) is 9.77. The molecule has 37 heavy (non-hydrogen) atoms. The van der Waals surface area contributed by atoms with Crippen LogP contribution in [0.15, 0.2) is 77.6 Å². The minimum absolute atomic E-state index is 0.0305. The number of para-hydroxylation sites is 1. The van der Waals surface area contributed by atoms with Gasteiger partial charge < -0.3 is 5.32 Å². The largest absolute Gasteiger partial charge is 0.321 e. The highest BCUT2D eigenvalue weighted by atomic mass is 35.5. The molecule has 0 fully saturated rings. The first-order chi connectivity index (χ1) is 17.9. The zero-order chi connectivity index (χ0) is 26.4. The van der Waals surface area contributed by atoms with E-state index in [1.165, 1.54) is 18.2 Å². The van der Waals surface area contributed by atoms with Crippen LogP contribution in [0.4, 0.5) is 10.1 Å². The molecule has 0 aliphatic heterocycles. The SMILES string of the molecule is CCCCc1ccc(NC(=O)C(C#N)=c2sc(=Cc3cccc(Cl)c3)c(=O)n2-c2ccccc2F)cc1. The summed E-state index contributed by atoms with van der Waals surface area (Å²) in [4.78, 5) is 26.6. The molecular weight excluding hydrogens is 509 g/mol. The average Bonchev–Trinajstić information content (AvgIpc) is 3.19. The van der Waals surface area contributed by atoms with Crippen LogP contribution in [0.2, 0.25) is 5.02 Å². The Morgan fingerprint density at radius 2 is 1.89 bits per heavy atom. The van der Waals surface area contributed by atoms with Crippen molar-refractivity contribution in [2.24, 2.45) is 0 Å². The van der Waals surface area contributed by atoms with Crippen LogP contribution in [-0.4, -0.2) is 10.5 Å². The number of unbranched alkanes of at least 4 members (excludes halogenated alkanes) is 1. The Morgan fingerprint density at radius 3 is 2.57 bits per heavy atom. The molecule has 8 heteroatoms. The average molecular weight is 532 g/mol. The van der Waals surface area contributed by atoms with Crippen molar-refractivity contribution in [1.82, 2.24) is 4.57 Å². The molecule has 0 bridgehead atoms. The first-order valence-electron chi connectivity index (χ1n) is 11.7. The Labute approximate surface area is 222 Å². The molecule has 0 unspecified atom stereocenters. The number of carbonyl (C=O) groups excluding carboxylic acids is 1. The molecule has 186 valence electrons. The number of aryl methyl sites for hydroxylation is 1. The normalized spacial score (nSPS) is 12.2. The number of nitriles is 1. The van der Waals surface area contributed by atoms with Gasteiger partial charge >= 0.3 is 0 Å². The van der Waals surface area contributed by atoms with Crippen LogP contribution in [0.1, 0.15) is 30.9 Å². The number of carbonyl (C=O) groups is 1. The van der Waals surface area contributed by atoms with Gasteiger partial charge in [0.05, 0.1) is 10.2 Å². The zero-order valence-electron chi connectivity index (χ0n) is 20.0. The Kier molecular flexibility index (Phi) is 8.34. The quantitative estimate of drug-likeness (QED) is 0.357. The topological polar surface area (TPSA) is 74.9 Å². The molecule has 0 spiro atoms. The minimum atomic E-state index is -0.690. The molecule has 0 radical (unpaired) electrons. The molecular formula is C29H23ClFN3O2S. The maximum Gasteiger partial charge on any atom is 0.273 e. The smallest absolute Gasteiger partial charge is 0.273 e. The summed E-state index contributed by atoms with van der Waals surface area (Å²) in [5.74, 6) is -1.34. The summed E-state index contributed by atoms with van der Waals surface area (Å²) in [5, 5.41) is 13.2. The first-order valence-corrected chi connectivity index (χ1v) is 12.9. The molecule has 1 aromatic heterocycles. The highest BCUT2D eigenvalue weighted by molar-refractivity contribution is 7.07. The lowest BCUT2D eigenvalue weighted by Gasteiger charge is -2.07. The molecule has 1 heterocycles. The van der Waals surface area contributed by atoms with E-state index in [4.69, 9.17) is 11.6 Å². The fourth-order valence-electron chi connectivity index (χ4n) is 3.77. The van der Waals surface area contributed by atoms with E-state index in [0.29, 0.717) is 16.3 Å². The van der Waals surface area contributed by atoms with Crippen LogP contribution in [-0.2, 0) is 11.2 Å². The molecule has 0 saturated heterocycles. The summed E-state index contributed by atoms with van der Waals surface area (Å²) in [6, 6.07) is 21.9. The highest BCUT2D eigenvalue weighted by Gasteiger charge is 2.19. The number of anilines is 1. The van der Waals surface area contributed by atoms with Gasteiger partial charge in [-0.05, 0) is 66.4 Å². The third kappa shape index (κ3) is 6.05. The number of hydrogen-bond acceptors (Lipinski definition) is 4. The number of nitrogens with zero attached hydrogens (tertiary/aromatic N) is 2. The standard InChI is InChI=1S/C29H23ClFN3O2S/c1-2-3-7-19-12-14-22(15-13-19)33-27(35)23(18-32)29-34(25-11-5-4-10-24(25)31)28(36)26(37-29)17-20-8-6-9-21(30)16-20/h4-6,8-17H,2-3,7H2,1H3,(H,33,35). The van der Waals surface area contributed by atoms with Gasteiger partial charge in [0.1, 0.15) is 16.5 Å². The van der Waals surface area contributed by atoms with Crippen LogP contribution in [0.25, 0.3) is 17.3 Å². The number of halogens is 2. The van der Waals surface area contributed by atoms with E-state index in [-0.39, 0.29) is 20.5 Å². The van der Waals surface area contributed by atoms with E-state index in [2.05, 4.69) is 12.2 Å². The number of hydrogen-bond donors (Lipinski definition) is 1. The van der Waals surface area contributed by atoms with E-state index >= 15 is 0 Å². The number of rotatable bonds is 7. The van der Waals surface area contributed by atoms with Gasteiger partial charge in [0.2, 0.25) is 0 Å². The Balaban J connectivity index is 1.86. The number of amides is 1. The summed E-state index contributed by atoms with van der Waals surface area (Å²) >= 11 is 7.02. The van der Waals surface area contributed by atoms with Gasteiger partial charge in [-0.1, -0.05) is 61.3 Å².